The highest BCUT2D eigenvalue weighted by Crippen LogP contribution is 2.35. The molecule has 0 unspecified atom stereocenters. The summed E-state index contributed by atoms with van der Waals surface area (Å²) in [6.45, 7) is 14.6. The van der Waals surface area contributed by atoms with Crippen LogP contribution in [0.3, 0.4) is 0 Å². The first-order chi connectivity index (χ1) is 20.8. The molecule has 0 radical (unpaired) electrons. The van der Waals surface area contributed by atoms with Crippen molar-refractivity contribution in [2.24, 2.45) is 11.8 Å². The summed E-state index contributed by atoms with van der Waals surface area (Å²) in [6, 6.07) is 5.96. The molecule has 0 saturated carbocycles. The number of piperidine rings is 1. The number of likely N-dealkylation sites (tertiary alicyclic amines) is 1. The number of nitrogens with zero attached hydrogens (tertiary/aromatic N) is 5. The van der Waals surface area contributed by atoms with Crippen LogP contribution in [0.2, 0.25) is 0 Å². The second-order valence-corrected chi connectivity index (χ2v) is 14.8. The van der Waals surface area contributed by atoms with Gasteiger partial charge in [-0.05, 0) is 113 Å². The van der Waals surface area contributed by atoms with Gasteiger partial charge >= 0.3 is 0 Å². The van der Waals surface area contributed by atoms with Crippen molar-refractivity contribution in [2.45, 2.75) is 98.4 Å². The zero-order valence-corrected chi connectivity index (χ0v) is 27.5. The summed E-state index contributed by atoms with van der Waals surface area (Å²) >= 11 is 1.71. The van der Waals surface area contributed by atoms with Gasteiger partial charge in [-0.3, -0.25) is 9.59 Å². The standard InChI is InChI=1S/C35H49N5O2S/c1-24(2)15-21-38(22-16-25(3)4)33(41)26-13-14-28-29(23-26)39(20-10-19-37-17-8-5-9-18-37)35-36-32-31(34(42)40(28)35)27-11-6-7-12-30(27)43-32/h13-14,23-25H,5-12,15-22H2,1-4H3. The molecule has 1 amide bonds. The van der Waals surface area contributed by atoms with Gasteiger partial charge in [-0.25, -0.2) is 9.38 Å². The van der Waals surface area contributed by atoms with Gasteiger partial charge in [0, 0.05) is 30.1 Å². The molecule has 3 aromatic heterocycles. The highest BCUT2D eigenvalue weighted by atomic mass is 32.1. The Morgan fingerprint density at radius 2 is 1.65 bits per heavy atom. The van der Waals surface area contributed by atoms with Crippen molar-refractivity contribution in [3.05, 3.63) is 44.6 Å². The van der Waals surface area contributed by atoms with Gasteiger partial charge in [-0.2, -0.15) is 0 Å². The maximum Gasteiger partial charge on any atom is 0.268 e. The minimum Gasteiger partial charge on any atom is -0.339 e. The first-order valence-electron chi connectivity index (χ1n) is 16.8. The Labute approximate surface area is 259 Å². The molecule has 1 aromatic carbocycles. The first kappa shape index (κ1) is 30.3. The van der Waals surface area contributed by atoms with Gasteiger partial charge in [0.15, 0.2) is 0 Å². The Hall–Kier alpha value is -2.71. The Bertz CT molecular complexity index is 1640. The number of fused-ring (bicyclic) bond motifs is 6. The van der Waals surface area contributed by atoms with Crippen LogP contribution in [0, 0.1) is 11.8 Å². The van der Waals surface area contributed by atoms with Crippen molar-refractivity contribution in [2.75, 3.05) is 32.7 Å². The predicted octanol–water partition coefficient (Wildman–Crippen LogP) is 7.15. The Morgan fingerprint density at radius 3 is 2.37 bits per heavy atom. The smallest absolute Gasteiger partial charge is 0.268 e. The third kappa shape index (κ3) is 6.28. The number of thiophene rings is 1. The van der Waals surface area contributed by atoms with Crippen molar-refractivity contribution in [1.82, 2.24) is 23.8 Å². The summed E-state index contributed by atoms with van der Waals surface area (Å²) in [5, 5.41) is 0.818. The third-order valence-electron chi connectivity index (χ3n) is 9.51. The van der Waals surface area contributed by atoms with Gasteiger partial charge < -0.3 is 14.4 Å². The predicted molar refractivity (Wildman–Crippen MR) is 179 cm³/mol. The molecule has 0 bridgehead atoms. The van der Waals surface area contributed by atoms with Crippen LogP contribution < -0.4 is 5.56 Å². The lowest BCUT2D eigenvalue weighted by Crippen LogP contribution is -2.34. The molecular weight excluding hydrogens is 554 g/mol. The van der Waals surface area contributed by atoms with E-state index in [1.807, 2.05) is 27.5 Å². The van der Waals surface area contributed by atoms with Gasteiger partial charge in [0.2, 0.25) is 5.78 Å². The van der Waals surface area contributed by atoms with Crippen molar-refractivity contribution < 1.29 is 4.79 Å². The third-order valence-corrected chi connectivity index (χ3v) is 10.7. The SMILES string of the molecule is CC(C)CCN(CCC(C)C)C(=O)c1ccc2c(c1)n(CCCN1CCCCC1)c1nc3sc4c(c3c(=O)n21)CCCC4. The zero-order chi connectivity index (χ0) is 30.1. The molecule has 1 aliphatic heterocycles. The van der Waals surface area contributed by atoms with E-state index in [1.54, 1.807) is 11.3 Å². The minimum atomic E-state index is 0.0498. The fourth-order valence-corrected chi connectivity index (χ4v) is 8.19. The molecule has 4 aromatic rings. The molecule has 0 N–H and O–H groups in total. The number of rotatable bonds is 11. The van der Waals surface area contributed by atoms with Crippen LogP contribution in [-0.2, 0) is 19.4 Å². The molecule has 232 valence electrons. The normalized spacial score (nSPS) is 16.2. The second-order valence-electron chi connectivity index (χ2n) is 13.7. The summed E-state index contributed by atoms with van der Waals surface area (Å²) in [6.07, 6.45) is 11.2. The average molecular weight is 604 g/mol. The van der Waals surface area contributed by atoms with Crippen LogP contribution in [0.4, 0.5) is 0 Å². The fraction of sp³-hybridized carbons (Fsp3) is 0.629. The lowest BCUT2D eigenvalue weighted by Gasteiger charge is -2.26. The molecule has 7 nitrogen and oxygen atoms in total. The lowest BCUT2D eigenvalue weighted by atomic mass is 9.97. The summed E-state index contributed by atoms with van der Waals surface area (Å²) in [5.41, 5.74) is 3.77. The van der Waals surface area contributed by atoms with E-state index in [2.05, 4.69) is 37.2 Å². The van der Waals surface area contributed by atoms with E-state index in [9.17, 15) is 9.59 Å². The van der Waals surface area contributed by atoms with E-state index in [1.165, 1.54) is 49.2 Å². The molecular formula is C35H49N5O2S. The lowest BCUT2D eigenvalue weighted by molar-refractivity contribution is 0.0741. The number of aromatic nitrogens is 3. The summed E-state index contributed by atoms with van der Waals surface area (Å²) < 4.78 is 4.06. The number of imidazole rings is 1. The van der Waals surface area contributed by atoms with Gasteiger partial charge in [0.25, 0.3) is 11.5 Å². The van der Waals surface area contributed by atoms with Crippen LogP contribution in [-0.4, -0.2) is 62.4 Å². The van der Waals surface area contributed by atoms with Crippen molar-refractivity contribution in [1.29, 1.82) is 0 Å². The number of aryl methyl sites for hydroxylation is 3. The molecule has 8 heteroatoms. The van der Waals surface area contributed by atoms with Crippen molar-refractivity contribution >= 4 is 44.3 Å². The number of hydrogen-bond acceptors (Lipinski definition) is 5. The molecule has 2 aliphatic rings. The second kappa shape index (κ2) is 13.1. The maximum atomic E-state index is 14.2. The van der Waals surface area contributed by atoms with E-state index >= 15 is 0 Å². The Balaban J connectivity index is 1.43. The van der Waals surface area contributed by atoms with Crippen LogP contribution in [0.5, 0.6) is 0 Å². The van der Waals surface area contributed by atoms with E-state index in [4.69, 9.17) is 4.98 Å². The topological polar surface area (TPSA) is 62.9 Å². The zero-order valence-electron chi connectivity index (χ0n) is 26.7. The highest BCUT2D eigenvalue weighted by Gasteiger charge is 2.25. The van der Waals surface area contributed by atoms with E-state index in [-0.39, 0.29) is 11.5 Å². The maximum absolute atomic E-state index is 14.2. The van der Waals surface area contributed by atoms with Crippen LogP contribution >= 0.6 is 11.3 Å². The van der Waals surface area contributed by atoms with Crippen LogP contribution in [0.1, 0.15) is 99.9 Å². The molecule has 0 spiro atoms. The molecule has 0 atom stereocenters. The first-order valence-corrected chi connectivity index (χ1v) is 17.6. The molecule has 1 saturated heterocycles. The van der Waals surface area contributed by atoms with Gasteiger partial charge in [-0.1, -0.05) is 34.1 Å². The van der Waals surface area contributed by atoms with E-state index < -0.39 is 0 Å². The molecule has 4 heterocycles. The van der Waals surface area contributed by atoms with Gasteiger partial charge in [0.05, 0.1) is 16.4 Å². The van der Waals surface area contributed by atoms with Crippen molar-refractivity contribution in [3.63, 3.8) is 0 Å². The minimum absolute atomic E-state index is 0.0498. The quantitative estimate of drug-likeness (QED) is 0.183. The largest absolute Gasteiger partial charge is 0.339 e. The number of amides is 1. The van der Waals surface area contributed by atoms with Crippen LogP contribution in [0.15, 0.2) is 23.0 Å². The summed E-state index contributed by atoms with van der Waals surface area (Å²) in [7, 11) is 0. The number of carbonyl (C=O) groups excluding carboxylic acids is 1. The molecule has 43 heavy (non-hydrogen) atoms. The fourth-order valence-electron chi connectivity index (χ4n) is 6.94. The number of benzene rings is 1. The summed E-state index contributed by atoms with van der Waals surface area (Å²) in [4.78, 5) is 40.2. The van der Waals surface area contributed by atoms with E-state index in [0.29, 0.717) is 23.2 Å². The van der Waals surface area contributed by atoms with Crippen molar-refractivity contribution in [3.8, 4) is 0 Å². The molecule has 6 rings (SSSR count). The van der Waals surface area contributed by atoms with Gasteiger partial charge in [-0.15, -0.1) is 11.3 Å². The summed E-state index contributed by atoms with van der Waals surface area (Å²) in [5.74, 6) is 1.88. The number of hydrogen-bond donors (Lipinski definition) is 0. The monoisotopic (exact) mass is 603 g/mol. The molecule has 1 aliphatic carbocycles. The Kier molecular flexibility index (Phi) is 9.24. The van der Waals surface area contributed by atoms with Gasteiger partial charge in [0.1, 0.15) is 4.83 Å². The highest BCUT2D eigenvalue weighted by molar-refractivity contribution is 7.18. The molecule has 1 fully saturated rings. The average Bonchev–Trinajstić information content (AvgIpc) is 3.52. The number of carbonyl (C=O) groups is 1. The van der Waals surface area contributed by atoms with E-state index in [0.717, 1.165) is 86.0 Å². The van der Waals surface area contributed by atoms with Crippen LogP contribution in [0.25, 0.3) is 27.0 Å². The Morgan fingerprint density at radius 1 is 0.930 bits per heavy atom.